The SMILES string of the molecule is Nc1cc(S(=O)(=O)NC2CCSCC2)c(Cl)cc1F. The summed E-state index contributed by atoms with van der Waals surface area (Å²) in [6.07, 6.45) is 1.55. The molecule has 1 fully saturated rings. The van der Waals surface area contributed by atoms with E-state index in [9.17, 15) is 12.8 Å². The molecule has 0 saturated carbocycles. The molecule has 0 unspecified atom stereocenters. The molecule has 3 N–H and O–H groups in total. The van der Waals surface area contributed by atoms with Crippen LogP contribution in [0.3, 0.4) is 0 Å². The van der Waals surface area contributed by atoms with Gasteiger partial charge < -0.3 is 5.73 Å². The van der Waals surface area contributed by atoms with Gasteiger partial charge in [0.2, 0.25) is 10.0 Å². The molecule has 0 amide bonds. The van der Waals surface area contributed by atoms with Crippen LogP contribution in [0, 0.1) is 5.82 Å². The highest BCUT2D eigenvalue weighted by Crippen LogP contribution is 2.27. The molecule has 1 aliphatic heterocycles. The van der Waals surface area contributed by atoms with Gasteiger partial charge in [-0.05, 0) is 36.5 Å². The number of benzene rings is 1. The van der Waals surface area contributed by atoms with Crippen molar-refractivity contribution in [2.75, 3.05) is 17.2 Å². The fourth-order valence-corrected chi connectivity index (χ4v) is 4.81. The van der Waals surface area contributed by atoms with Crippen molar-refractivity contribution in [3.05, 3.63) is 23.0 Å². The van der Waals surface area contributed by atoms with E-state index in [1.165, 1.54) is 0 Å². The Labute approximate surface area is 120 Å². The van der Waals surface area contributed by atoms with Crippen molar-refractivity contribution >= 4 is 39.1 Å². The topological polar surface area (TPSA) is 72.2 Å². The summed E-state index contributed by atoms with van der Waals surface area (Å²) in [5, 5.41) is -0.163. The van der Waals surface area contributed by atoms with Gasteiger partial charge in [0.25, 0.3) is 0 Å². The Morgan fingerprint density at radius 1 is 1.37 bits per heavy atom. The van der Waals surface area contributed by atoms with Crippen LogP contribution in [0.4, 0.5) is 10.1 Å². The maximum atomic E-state index is 13.2. The van der Waals surface area contributed by atoms with Crippen molar-refractivity contribution < 1.29 is 12.8 Å². The maximum absolute atomic E-state index is 13.2. The lowest BCUT2D eigenvalue weighted by Gasteiger charge is -2.22. The van der Waals surface area contributed by atoms with Gasteiger partial charge in [0, 0.05) is 6.04 Å². The van der Waals surface area contributed by atoms with Crippen molar-refractivity contribution in [1.82, 2.24) is 4.72 Å². The summed E-state index contributed by atoms with van der Waals surface area (Å²) in [7, 11) is -3.77. The highest BCUT2D eigenvalue weighted by atomic mass is 35.5. The first-order valence-electron chi connectivity index (χ1n) is 5.75. The van der Waals surface area contributed by atoms with E-state index in [-0.39, 0.29) is 21.6 Å². The largest absolute Gasteiger partial charge is 0.396 e. The van der Waals surface area contributed by atoms with Crippen LogP contribution in [-0.4, -0.2) is 26.0 Å². The lowest BCUT2D eigenvalue weighted by atomic mass is 10.2. The number of halogens is 2. The lowest BCUT2D eigenvalue weighted by molar-refractivity contribution is 0.528. The molecular formula is C11H14ClFN2O2S2. The standard InChI is InChI=1S/C11H14ClFN2O2S2/c12-8-5-9(13)10(14)6-11(8)19(16,17)15-7-1-3-18-4-2-7/h5-7,15H,1-4,14H2. The summed E-state index contributed by atoms with van der Waals surface area (Å²) >= 11 is 7.58. The Kier molecular flexibility index (Phi) is 4.60. The second kappa shape index (κ2) is 5.87. The van der Waals surface area contributed by atoms with Crippen molar-refractivity contribution in [3.8, 4) is 0 Å². The third kappa shape index (κ3) is 3.53. The fraction of sp³-hybridized carbons (Fsp3) is 0.455. The fourth-order valence-electron chi connectivity index (χ4n) is 1.85. The van der Waals surface area contributed by atoms with E-state index in [1.807, 2.05) is 0 Å². The molecule has 0 aromatic heterocycles. The smallest absolute Gasteiger partial charge is 0.242 e. The summed E-state index contributed by atoms with van der Waals surface area (Å²) in [4.78, 5) is -0.175. The minimum Gasteiger partial charge on any atom is -0.396 e. The zero-order chi connectivity index (χ0) is 14.0. The minimum absolute atomic E-state index is 0.103. The number of nitrogen functional groups attached to an aromatic ring is 1. The average Bonchev–Trinajstić information content (AvgIpc) is 2.34. The number of rotatable bonds is 3. The Morgan fingerprint density at radius 2 is 2.00 bits per heavy atom. The quantitative estimate of drug-likeness (QED) is 0.836. The van der Waals surface area contributed by atoms with Gasteiger partial charge in [-0.2, -0.15) is 11.8 Å². The molecule has 1 aromatic carbocycles. The van der Waals surface area contributed by atoms with E-state index < -0.39 is 15.8 Å². The van der Waals surface area contributed by atoms with Crippen LogP contribution in [-0.2, 0) is 10.0 Å². The van der Waals surface area contributed by atoms with Gasteiger partial charge in [0.1, 0.15) is 10.7 Å². The molecule has 0 aliphatic carbocycles. The molecule has 2 rings (SSSR count). The molecular weight excluding hydrogens is 311 g/mol. The number of nitrogens with one attached hydrogen (secondary N) is 1. The van der Waals surface area contributed by atoms with Gasteiger partial charge >= 0.3 is 0 Å². The normalized spacial score (nSPS) is 17.6. The second-order valence-electron chi connectivity index (χ2n) is 4.31. The zero-order valence-electron chi connectivity index (χ0n) is 10.0. The molecule has 106 valence electrons. The molecule has 1 aromatic rings. The molecule has 0 bridgehead atoms. The highest BCUT2D eigenvalue weighted by molar-refractivity contribution is 7.99. The van der Waals surface area contributed by atoms with Crippen molar-refractivity contribution in [2.45, 2.75) is 23.8 Å². The second-order valence-corrected chi connectivity index (χ2v) is 7.63. The van der Waals surface area contributed by atoms with E-state index in [0.29, 0.717) is 0 Å². The predicted octanol–water partition coefficient (Wildman–Crippen LogP) is 2.24. The van der Waals surface area contributed by atoms with Gasteiger partial charge in [-0.25, -0.2) is 17.5 Å². The number of anilines is 1. The van der Waals surface area contributed by atoms with E-state index >= 15 is 0 Å². The van der Waals surface area contributed by atoms with Crippen molar-refractivity contribution in [1.29, 1.82) is 0 Å². The molecule has 1 heterocycles. The molecule has 1 saturated heterocycles. The number of thioether (sulfide) groups is 1. The zero-order valence-corrected chi connectivity index (χ0v) is 12.4. The van der Waals surface area contributed by atoms with E-state index in [1.54, 1.807) is 11.8 Å². The molecule has 0 spiro atoms. The summed E-state index contributed by atoms with van der Waals surface area (Å²) in [6, 6.07) is 1.87. The van der Waals surface area contributed by atoms with Gasteiger partial charge in [-0.3, -0.25) is 0 Å². The van der Waals surface area contributed by atoms with Crippen molar-refractivity contribution in [2.24, 2.45) is 0 Å². The van der Waals surface area contributed by atoms with E-state index in [2.05, 4.69) is 4.72 Å². The first-order chi connectivity index (χ1) is 8.90. The van der Waals surface area contributed by atoms with E-state index in [0.717, 1.165) is 36.5 Å². The monoisotopic (exact) mass is 324 g/mol. The Morgan fingerprint density at radius 3 is 2.63 bits per heavy atom. The third-order valence-electron chi connectivity index (χ3n) is 2.88. The number of hydrogen-bond acceptors (Lipinski definition) is 4. The summed E-state index contributed by atoms with van der Waals surface area (Å²) in [6.45, 7) is 0. The van der Waals surface area contributed by atoms with Crippen LogP contribution in [0.2, 0.25) is 5.02 Å². The maximum Gasteiger partial charge on any atom is 0.242 e. The number of sulfonamides is 1. The molecule has 0 atom stereocenters. The first-order valence-corrected chi connectivity index (χ1v) is 8.76. The summed E-state index contributed by atoms with van der Waals surface area (Å²) < 4.78 is 40.2. The summed E-state index contributed by atoms with van der Waals surface area (Å²) in [5.74, 6) is 1.12. The van der Waals surface area contributed by atoms with Crippen LogP contribution in [0.25, 0.3) is 0 Å². The van der Waals surface area contributed by atoms with Crippen LogP contribution >= 0.6 is 23.4 Å². The van der Waals surface area contributed by atoms with Gasteiger partial charge in [0.15, 0.2) is 0 Å². The Hall–Kier alpha value is -0.500. The molecule has 4 nitrogen and oxygen atoms in total. The van der Waals surface area contributed by atoms with Gasteiger partial charge in [-0.15, -0.1) is 0 Å². The number of hydrogen-bond donors (Lipinski definition) is 2. The van der Waals surface area contributed by atoms with Crippen molar-refractivity contribution in [3.63, 3.8) is 0 Å². The first kappa shape index (κ1) is 14.9. The molecule has 8 heteroatoms. The molecule has 0 radical (unpaired) electrons. The van der Waals surface area contributed by atoms with E-state index in [4.69, 9.17) is 17.3 Å². The molecule has 1 aliphatic rings. The van der Waals surface area contributed by atoms with Gasteiger partial charge in [0.05, 0.1) is 10.7 Å². The van der Waals surface area contributed by atoms with Gasteiger partial charge in [-0.1, -0.05) is 11.6 Å². The van der Waals surface area contributed by atoms with Crippen LogP contribution in [0.5, 0.6) is 0 Å². The third-order valence-corrected chi connectivity index (χ3v) is 5.92. The number of nitrogens with two attached hydrogens (primary N) is 1. The Balaban J connectivity index is 2.26. The van der Waals surface area contributed by atoms with Crippen LogP contribution < -0.4 is 10.5 Å². The lowest BCUT2D eigenvalue weighted by Crippen LogP contribution is -2.37. The average molecular weight is 325 g/mol. The van der Waals surface area contributed by atoms with Crippen LogP contribution in [0.15, 0.2) is 17.0 Å². The summed E-state index contributed by atoms with van der Waals surface area (Å²) in [5.41, 5.74) is 5.16. The Bertz CT molecular complexity index is 574. The minimum atomic E-state index is -3.77. The van der Waals surface area contributed by atoms with Crippen LogP contribution in [0.1, 0.15) is 12.8 Å². The highest BCUT2D eigenvalue weighted by Gasteiger charge is 2.25. The predicted molar refractivity (Wildman–Crippen MR) is 76.5 cm³/mol. The molecule has 19 heavy (non-hydrogen) atoms.